The molecule has 0 radical (unpaired) electrons. The average molecular weight is 741 g/mol. The minimum absolute atomic E-state index is 0.0473. The number of hydrogen-bond acceptors (Lipinski definition) is 6. The first-order valence-electron chi connectivity index (χ1n) is 18.9. The van der Waals surface area contributed by atoms with Gasteiger partial charge in [0, 0.05) is 49.2 Å². The molecule has 0 saturated carbocycles. The van der Waals surface area contributed by atoms with Gasteiger partial charge in [0.15, 0.2) is 0 Å². The van der Waals surface area contributed by atoms with Gasteiger partial charge in [-0.15, -0.1) is 0 Å². The number of hydrogen-bond donors (Lipinski definition) is 1. The summed E-state index contributed by atoms with van der Waals surface area (Å²) in [6.45, 7) is 5.86. The molecule has 1 N–H and O–H groups in total. The van der Waals surface area contributed by atoms with Crippen LogP contribution in [0.3, 0.4) is 0 Å². The van der Waals surface area contributed by atoms with Crippen LogP contribution in [-0.2, 0) is 0 Å². The van der Waals surface area contributed by atoms with Crippen molar-refractivity contribution in [3.63, 3.8) is 0 Å². The van der Waals surface area contributed by atoms with Crippen LogP contribution in [0.4, 0.5) is 17.1 Å². The van der Waals surface area contributed by atoms with Crippen molar-refractivity contribution in [1.29, 1.82) is 0 Å². The molecule has 0 spiro atoms. The average Bonchev–Trinajstić information content (AvgIpc) is 3.23. The predicted molar refractivity (Wildman–Crippen MR) is 232 cm³/mol. The number of likely N-dealkylation sites (N-methyl/N-ethyl adjacent to an activating group) is 1. The highest BCUT2D eigenvalue weighted by Crippen LogP contribution is 2.25. The molecule has 8 heteroatoms. The number of carbonyl (C=O) groups is 2. The number of rotatable bonds is 12. The van der Waals surface area contributed by atoms with E-state index >= 15 is 0 Å². The maximum Gasteiger partial charge on any atom is 0.272 e. The second kappa shape index (κ2) is 19.1. The van der Waals surface area contributed by atoms with Crippen LogP contribution >= 0.6 is 0 Å². The van der Waals surface area contributed by atoms with Crippen molar-refractivity contribution in [2.75, 3.05) is 42.4 Å². The first kappa shape index (κ1) is 39.1. The van der Waals surface area contributed by atoms with Gasteiger partial charge in [-0.05, 0) is 66.4 Å². The van der Waals surface area contributed by atoms with Crippen LogP contribution in [0.5, 0.6) is 0 Å². The van der Waals surface area contributed by atoms with Crippen LogP contribution in [0, 0.1) is 5.92 Å². The Kier molecular flexibility index (Phi) is 13.3. The Labute approximate surface area is 329 Å². The Bertz CT molecular complexity index is 2400. The number of nitrogens with one attached hydrogen (secondary N) is 1. The number of aromatic nitrogens is 2. The summed E-state index contributed by atoms with van der Waals surface area (Å²) in [5.74, 6) is 0.372. The van der Waals surface area contributed by atoms with Crippen molar-refractivity contribution < 1.29 is 9.59 Å². The van der Waals surface area contributed by atoms with Crippen LogP contribution in [0.1, 0.15) is 46.5 Å². The van der Waals surface area contributed by atoms with E-state index in [1.807, 2.05) is 153 Å². The lowest BCUT2D eigenvalue weighted by molar-refractivity contribution is 0.0910. The summed E-state index contributed by atoms with van der Waals surface area (Å²) in [6.07, 6.45) is 8.65. The van der Waals surface area contributed by atoms with E-state index in [9.17, 15) is 9.59 Å². The fourth-order valence-corrected chi connectivity index (χ4v) is 6.24. The molecule has 5 aromatic carbocycles. The van der Waals surface area contributed by atoms with Crippen molar-refractivity contribution in [2.45, 2.75) is 20.3 Å². The van der Waals surface area contributed by atoms with E-state index in [2.05, 4.69) is 58.3 Å². The summed E-state index contributed by atoms with van der Waals surface area (Å²) in [5, 5.41) is 8.72. The van der Waals surface area contributed by atoms with Gasteiger partial charge >= 0.3 is 0 Å². The first-order valence-corrected chi connectivity index (χ1v) is 18.9. The summed E-state index contributed by atoms with van der Waals surface area (Å²) < 4.78 is 0. The van der Waals surface area contributed by atoms with Crippen molar-refractivity contribution in [2.24, 2.45) is 5.92 Å². The van der Waals surface area contributed by atoms with E-state index in [0.29, 0.717) is 29.3 Å². The summed E-state index contributed by atoms with van der Waals surface area (Å²) in [7, 11) is 3.94. The number of pyridine rings is 2. The quantitative estimate of drug-likeness (QED) is 0.126. The lowest BCUT2D eigenvalue weighted by Gasteiger charge is -2.32. The van der Waals surface area contributed by atoms with E-state index in [4.69, 9.17) is 0 Å². The zero-order valence-electron chi connectivity index (χ0n) is 32.4. The van der Waals surface area contributed by atoms with Gasteiger partial charge < -0.3 is 10.2 Å². The molecule has 0 aliphatic carbocycles. The summed E-state index contributed by atoms with van der Waals surface area (Å²) >= 11 is 0. The molecular formula is C48H48N6O2. The third-order valence-electron chi connectivity index (χ3n) is 9.30. The Hall–Kier alpha value is -6.64. The maximum absolute atomic E-state index is 13.2. The molecule has 2 amide bonds. The number of para-hydroxylation sites is 3. The molecule has 282 valence electrons. The van der Waals surface area contributed by atoms with E-state index in [0.717, 1.165) is 51.7 Å². The standard InChI is InChI=1S/C26H23N3O.C22H25N3O/c1-29(17-9-12-20-10-3-2-4-11-20)25-16-8-6-14-23(25)26(30)28-22-18-21-13-5-7-15-24(21)27-19-22;1-17(2)13-14-24(3)25(22(26)18-9-5-4-6-10-18)20-15-19-11-7-8-12-21(19)23-16-20/h2-16,18-19H,17H2,1H3,(H,28,30);4-12,15-17H,13-14H2,1-3H3. The van der Waals surface area contributed by atoms with Crippen molar-refractivity contribution in [3.05, 3.63) is 181 Å². The minimum atomic E-state index is -0.151. The van der Waals surface area contributed by atoms with Gasteiger partial charge in [0.1, 0.15) is 0 Å². The van der Waals surface area contributed by atoms with Crippen LogP contribution in [0.2, 0.25) is 0 Å². The zero-order valence-corrected chi connectivity index (χ0v) is 32.4. The van der Waals surface area contributed by atoms with Gasteiger partial charge in [-0.1, -0.05) is 123 Å². The van der Waals surface area contributed by atoms with Crippen LogP contribution in [-0.4, -0.2) is 54.0 Å². The molecule has 0 aliphatic heterocycles. The van der Waals surface area contributed by atoms with Gasteiger partial charge in [0.25, 0.3) is 11.8 Å². The fraction of sp³-hybridized carbons (Fsp3) is 0.167. The number of hydrazine groups is 1. The van der Waals surface area contributed by atoms with Crippen LogP contribution in [0.15, 0.2) is 164 Å². The van der Waals surface area contributed by atoms with Crippen LogP contribution in [0.25, 0.3) is 27.9 Å². The molecule has 7 aromatic rings. The first-order chi connectivity index (χ1) is 27.3. The highest BCUT2D eigenvalue weighted by Gasteiger charge is 2.23. The second-order valence-electron chi connectivity index (χ2n) is 14.0. The number of anilines is 3. The number of fused-ring (bicyclic) bond motifs is 2. The minimum Gasteiger partial charge on any atom is -0.370 e. The Morgan fingerprint density at radius 3 is 1.98 bits per heavy atom. The highest BCUT2D eigenvalue weighted by atomic mass is 16.2. The molecule has 0 bridgehead atoms. The highest BCUT2D eigenvalue weighted by molar-refractivity contribution is 6.08. The Balaban J connectivity index is 0.000000192. The predicted octanol–water partition coefficient (Wildman–Crippen LogP) is 10.4. The molecule has 2 aromatic heterocycles. The Morgan fingerprint density at radius 1 is 0.696 bits per heavy atom. The third-order valence-corrected chi connectivity index (χ3v) is 9.30. The lowest BCUT2D eigenvalue weighted by atomic mass is 10.1. The normalized spacial score (nSPS) is 11.1. The van der Waals surface area contributed by atoms with Gasteiger partial charge in [0.05, 0.1) is 40.4 Å². The van der Waals surface area contributed by atoms with Gasteiger partial charge in [-0.2, -0.15) is 0 Å². The molecule has 7 rings (SSSR count). The number of nitrogens with zero attached hydrogens (tertiary/aromatic N) is 5. The largest absolute Gasteiger partial charge is 0.370 e. The lowest BCUT2D eigenvalue weighted by Crippen LogP contribution is -2.45. The van der Waals surface area contributed by atoms with Gasteiger partial charge in [0.2, 0.25) is 0 Å². The number of amides is 2. The molecule has 0 aliphatic rings. The summed E-state index contributed by atoms with van der Waals surface area (Å²) in [5.41, 5.74) is 6.61. The fourth-order valence-electron chi connectivity index (χ4n) is 6.24. The van der Waals surface area contributed by atoms with Gasteiger partial charge in [-0.3, -0.25) is 19.6 Å². The Morgan fingerprint density at radius 2 is 1.29 bits per heavy atom. The van der Waals surface area contributed by atoms with Crippen molar-refractivity contribution in [1.82, 2.24) is 15.0 Å². The van der Waals surface area contributed by atoms with Crippen LogP contribution < -0.4 is 15.2 Å². The molecule has 0 saturated heterocycles. The molecule has 56 heavy (non-hydrogen) atoms. The van der Waals surface area contributed by atoms with E-state index < -0.39 is 0 Å². The molecule has 0 fully saturated rings. The van der Waals surface area contributed by atoms with Gasteiger partial charge in [-0.25, -0.2) is 10.0 Å². The van der Waals surface area contributed by atoms with Crippen molar-refractivity contribution in [3.8, 4) is 0 Å². The number of carbonyl (C=O) groups excluding carboxylic acids is 2. The molecule has 0 atom stereocenters. The summed E-state index contributed by atoms with van der Waals surface area (Å²) in [6, 6.07) is 47.0. The third kappa shape index (κ3) is 10.3. The van der Waals surface area contributed by atoms with E-state index in [1.165, 1.54) is 0 Å². The zero-order chi connectivity index (χ0) is 39.3. The SMILES string of the molecule is CC(C)CCN(C)N(C(=O)c1ccccc1)c1cnc2ccccc2c1.CN(CC=Cc1ccccc1)c1ccccc1C(=O)Nc1cnc2ccccc2c1. The monoisotopic (exact) mass is 740 g/mol. The topological polar surface area (TPSA) is 81.7 Å². The van der Waals surface area contributed by atoms with Crippen molar-refractivity contribution >= 4 is 56.8 Å². The smallest absolute Gasteiger partial charge is 0.272 e. The summed E-state index contributed by atoms with van der Waals surface area (Å²) in [4.78, 5) is 37.2. The molecule has 0 unspecified atom stereocenters. The molecule has 8 nitrogen and oxygen atoms in total. The maximum atomic E-state index is 13.2. The van der Waals surface area contributed by atoms with E-state index in [-0.39, 0.29) is 11.8 Å². The van der Waals surface area contributed by atoms with E-state index in [1.54, 1.807) is 17.4 Å². The molecule has 2 heterocycles. The number of benzene rings is 5. The molecular weight excluding hydrogens is 693 g/mol. The second-order valence-corrected chi connectivity index (χ2v) is 14.0.